The van der Waals surface area contributed by atoms with E-state index >= 15 is 0 Å². The minimum atomic E-state index is 0. The molecule has 152 valence electrons. The Morgan fingerprint density at radius 2 is 1.36 bits per heavy atom. The number of rotatable bonds is 4. The Kier molecular flexibility index (Phi) is 7.36. The highest BCUT2D eigenvalue weighted by Gasteiger charge is 2.21. The van der Waals surface area contributed by atoms with Crippen molar-refractivity contribution < 1.29 is 9.47 Å². The van der Waals surface area contributed by atoms with Crippen molar-refractivity contribution in [2.45, 2.75) is 0 Å². The molecule has 2 fully saturated rings. The lowest BCUT2D eigenvalue weighted by atomic mass is 10.3. The molecule has 11 heteroatoms. The monoisotopic (exact) mass is 446 g/mol. The van der Waals surface area contributed by atoms with Crippen LogP contribution in [-0.2, 0) is 9.47 Å². The Morgan fingerprint density at radius 3 is 1.86 bits per heavy atom. The van der Waals surface area contributed by atoms with Gasteiger partial charge < -0.3 is 24.6 Å². The Hall–Kier alpha value is -1.58. The fourth-order valence-corrected chi connectivity index (χ4v) is 3.39. The van der Waals surface area contributed by atoms with E-state index in [0.717, 1.165) is 26.2 Å². The van der Waals surface area contributed by atoms with Gasteiger partial charge in [0.15, 0.2) is 0 Å². The maximum Gasteiger partial charge on any atom is 0.233 e. The van der Waals surface area contributed by atoms with Crippen molar-refractivity contribution in [2.24, 2.45) is 0 Å². The Bertz CT molecular complexity index is 764. The average Bonchev–Trinajstić information content (AvgIpc) is 2.71. The quantitative estimate of drug-likeness (QED) is 0.766. The van der Waals surface area contributed by atoms with Crippen LogP contribution in [-0.4, -0.2) is 67.6 Å². The van der Waals surface area contributed by atoms with Crippen molar-refractivity contribution in [1.29, 1.82) is 0 Å². The normalized spacial score (nSPS) is 17.2. The highest BCUT2D eigenvalue weighted by Crippen LogP contribution is 2.28. The van der Waals surface area contributed by atoms with Gasteiger partial charge in [0.25, 0.3) is 0 Å². The third-order valence-corrected chi connectivity index (χ3v) is 4.93. The van der Waals surface area contributed by atoms with Crippen LogP contribution in [0.4, 0.5) is 23.5 Å². The molecule has 0 aliphatic carbocycles. The molecule has 0 unspecified atom stereocenters. The summed E-state index contributed by atoms with van der Waals surface area (Å²) in [6, 6.07) is 5.25. The van der Waals surface area contributed by atoms with E-state index in [2.05, 4.69) is 30.1 Å². The first-order chi connectivity index (χ1) is 13.2. The van der Waals surface area contributed by atoms with Crippen LogP contribution in [0.3, 0.4) is 0 Å². The molecule has 1 aromatic heterocycles. The van der Waals surface area contributed by atoms with Gasteiger partial charge in [0.05, 0.1) is 37.1 Å². The Balaban J connectivity index is 0.00000225. The summed E-state index contributed by atoms with van der Waals surface area (Å²) >= 11 is 12.3. The summed E-state index contributed by atoms with van der Waals surface area (Å²) in [5.74, 6) is 1.70. The molecular formula is C17H21Cl3N6O2. The number of halogens is 3. The van der Waals surface area contributed by atoms with E-state index in [0.29, 0.717) is 60.0 Å². The molecule has 0 amide bonds. The molecular weight excluding hydrogens is 427 g/mol. The molecule has 0 atom stereocenters. The lowest BCUT2D eigenvalue weighted by Gasteiger charge is -2.30. The molecule has 8 nitrogen and oxygen atoms in total. The van der Waals surface area contributed by atoms with Crippen molar-refractivity contribution >= 4 is 59.1 Å². The van der Waals surface area contributed by atoms with E-state index in [1.54, 1.807) is 18.2 Å². The molecule has 28 heavy (non-hydrogen) atoms. The molecule has 0 bridgehead atoms. The minimum Gasteiger partial charge on any atom is -0.378 e. The van der Waals surface area contributed by atoms with Gasteiger partial charge in [0.2, 0.25) is 17.8 Å². The number of nitrogens with one attached hydrogen (secondary N) is 1. The second-order valence-corrected chi connectivity index (χ2v) is 7.05. The first-order valence-electron chi connectivity index (χ1n) is 8.82. The van der Waals surface area contributed by atoms with Gasteiger partial charge in [-0.25, -0.2) is 0 Å². The van der Waals surface area contributed by atoms with E-state index in [9.17, 15) is 0 Å². The zero-order valence-corrected chi connectivity index (χ0v) is 17.4. The summed E-state index contributed by atoms with van der Waals surface area (Å²) < 4.78 is 10.9. The van der Waals surface area contributed by atoms with E-state index in [4.69, 9.17) is 32.7 Å². The Morgan fingerprint density at radius 1 is 0.821 bits per heavy atom. The Labute approximate surface area is 179 Å². The second kappa shape index (κ2) is 9.76. The topological polar surface area (TPSA) is 75.6 Å². The van der Waals surface area contributed by atoms with Crippen LogP contribution in [0.5, 0.6) is 0 Å². The lowest BCUT2D eigenvalue weighted by molar-refractivity contribution is 0.121. The number of nitrogens with zero attached hydrogens (tertiary/aromatic N) is 5. The molecule has 2 aliphatic rings. The molecule has 1 N–H and O–H groups in total. The minimum absolute atomic E-state index is 0. The van der Waals surface area contributed by atoms with Crippen LogP contribution >= 0.6 is 35.6 Å². The predicted octanol–water partition coefficient (Wildman–Crippen LogP) is 3.02. The molecule has 2 aliphatic heterocycles. The zero-order valence-electron chi connectivity index (χ0n) is 15.1. The SMILES string of the molecule is Cl.Clc1ccc(Nc2nc(N3CCOCC3)nc(N3CCOCC3)n2)c(Cl)c1. The summed E-state index contributed by atoms with van der Waals surface area (Å²) in [5, 5.41) is 4.27. The third kappa shape index (κ3) is 5.07. The number of morpholine rings is 2. The number of ether oxygens (including phenoxy) is 2. The first kappa shape index (κ1) is 21.1. The number of anilines is 4. The molecule has 0 radical (unpaired) electrons. The van der Waals surface area contributed by atoms with Crippen molar-refractivity contribution in [1.82, 2.24) is 15.0 Å². The van der Waals surface area contributed by atoms with Crippen LogP contribution in [0.2, 0.25) is 10.0 Å². The van der Waals surface area contributed by atoms with E-state index in [1.807, 2.05) is 0 Å². The second-order valence-electron chi connectivity index (χ2n) is 6.21. The summed E-state index contributed by atoms with van der Waals surface area (Å²) in [5.41, 5.74) is 0.688. The largest absolute Gasteiger partial charge is 0.378 e. The van der Waals surface area contributed by atoms with Gasteiger partial charge in [-0.05, 0) is 18.2 Å². The van der Waals surface area contributed by atoms with Crippen molar-refractivity contribution in [3.05, 3.63) is 28.2 Å². The maximum atomic E-state index is 6.28. The predicted molar refractivity (Wildman–Crippen MR) is 113 cm³/mol. The standard InChI is InChI=1S/C17H20Cl2N6O2.ClH/c18-12-1-2-14(13(19)11-12)20-15-21-16(24-3-7-26-8-4-24)23-17(22-15)25-5-9-27-10-6-25;/h1-2,11H,3-10H2,(H,20,21,22,23);1H. The fraction of sp³-hybridized carbons (Fsp3) is 0.471. The number of hydrogen-bond donors (Lipinski definition) is 1. The third-order valence-electron chi connectivity index (χ3n) is 4.38. The summed E-state index contributed by atoms with van der Waals surface area (Å²) in [6.45, 7) is 5.60. The van der Waals surface area contributed by atoms with Crippen LogP contribution < -0.4 is 15.1 Å². The number of hydrogen-bond acceptors (Lipinski definition) is 8. The van der Waals surface area contributed by atoms with Crippen molar-refractivity contribution in [2.75, 3.05) is 67.7 Å². The smallest absolute Gasteiger partial charge is 0.233 e. The van der Waals surface area contributed by atoms with Crippen LogP contribution in [0.1, 0.15) is 0 Å². The molecule has 2 aromatic rings. The summed E-state index contributed by atoms with van der Waals surface area (Å²) in [7, 11) is 0. The van der Waals surface area contributed by atoms with Gasteiger partial charge >= 0.3 is 0 Å². The molecule has 0 spiro atoms. The van der Waals surface area contributed by atoms with Gasteiger partial charge in [0.1, 0.15) is 0 Å². The fourth-order valence-electron chi connectivity index (χ4n) is 2.93. The molecule has 2 saturated heterocycles. The average molecular weight is 448 g/mol. The van der Waals surface area contributed by atoms with E-state index in [1.165, 1.54) is 0 Å². The molecule has 0 saturated carbocycles. The van der Waals surface area contributed by atoms with Crippen molar-refractivity contribution in [3.8, 4) is 0 Å². The summed E-state index contributed by atoms with van der Waals surface area (Å²) in [4.78, 5) is 18.1. The van der Waals surface area contributed by atoms with E-state index in [-0.39, 0.29) is 12.4 Å². The van der Waals surface area contributed by atoms with Gasteiger partial charge in [-0.1, -0.05) is 23.2 Å². The van der Waals surface area contributed by atoms with Gasteiger partial charge in [-0.3, -0.25) is 0 Å². The van der Waals surface area contributed by atoms with E-state index < -0.39 is 0 Å². The van der Waals surface area contributed by atoms with Crippen LogP contribution in [0.15, 0.2) is 18.2 Å². The highest BCUT2D eigenvalue weighted by molar-refractivity contribution is 6.36. The summed E-state index contributed by atoms with van der Waals surface area (Å²) in [6.07, 6.45) is 0. The van der Waals surface area contributed by atoms with Crippen LogP contribution in [0.25, 0.3) is 0 Å². The molecule has 3 heterocycles. The van der Waals surface area contributed by atoms with Crippen molar-refractivity contribution in [3.63, 3.8) is 0 Å². The number of benzene rings is 1. The van der Waals surface area contributed by atoms with Gasteiger partial charge in [-0.2, -0.15) is 15.0 Å². The molecule has 4 rings (SSSR count). The highest BCUT2D eigenvalue weighted by atomic mass is 35.5. The lowest BCUT2D eigenvalue weighted by Crippen LogP contribution is -2.40. The molecule has 1 aromatic carbocycles. The zero-order chi connectivity index (χ0) is 18.6. The maximum absolute atomic E-state index is 6.28. The number of aromatic nitrogens is 3. The first-order valence-corrected chi connectivity index (χ1v) is 9.58. The van der Waals surface area contributed by atoms with Gasteiger partial charge in [-0.15, -0.1) is 12.4 Å². The van der Waals surface area contributed by atoms with Crippen LogP contribution in [0, 0.1) is 0 Å². The van der Waals surface area contributed by atoms with Gasteiger partial charge in [0, 0.05) is 31.2 Å².